The fraction of sp³-hybridized carbons (Fsp3) is 0.545. The molecule has 0 bridgehead atoms. The Balaban J connectivity index is 2.11. The smallest absolute Gasteiger partial charge is 0.255 e. The number of nitrogens with two attached hydrogens (primary N) is 1. The highest BCUT2D eigenvalue weighted by atomic mass is 16.2. The van der Waals surface area contributed by atoms with Crippen molar-refractivity contribution >= 4 is 5.91 Å². The Kier molecular flexibility index (Phi) is 3.14. The van der Waals surface area contributed by atoms with Crippen LogP contribution in [0, 0.1) is 0 Å². The molecule has 1 saturated heterocycles. The van der Waals surface area contributed by atoms with E-state index in [0.29, 0.717) is 5.56 Å². The minimum atomic E-state index is 0.0225. The normalized spacial score (nSPS) is 25.5. The van der Waals surface area contributed by atoms with Gasteiger partial charge in [-0.15, -0.1) is 0 Å². The molecule has 16 heavy (non-hydrogen) atoms. The lowest BCUT2D eigenvalue weighted by Crippen LogP contribution is -2.48. The van der Waals surface area contributed by atoms with Crippen LogP contribution in [0.4, 0.5) is 0 Å². The number of hydrogen-bond donors (Lipinski definition) is 1. The molecule has 1 aliphatic heterocycles. The molecule has 1 amide bonds. The summed E-state index contributed by atoms with van der Waals surface area (Å²) in [6, 6.07) is 2.11. The number of rotatable bonds is 1. The van der Waals surface area contributed by atoms with E-state index in [1.54, 1.807) is 6.07 Å². The highest BCUT2D eigenvalue weighted by Gasteiger charge is 2.27. The second-order valence-electron chi connectivity index (χ2n) is 4.26. The van der Waals surface area contributed by atoms with Gasteiger partial charge in [-0.25, -0.2) is 0 Å². The van der Waals surface area contributed by atoms with E-state index in [2.05, 4.69) is 10.2 Å². The average molecular weight is 220 g/mol. The monoisotopic (exact) mass is 220 g/mol. The minimum absolute atomic E-state index is 0.0225. The first-order chi connectivity index (χ1) is 7.68. The third-order valence-electron chi connectivity index (χ3n) is 3.01. The molecule has 86 valence electrons. The molecule has 0 aromatic carbocycles. The summed E-state index contributed by atoms with van der Waals surface area (Å²) in [5, 5.41) is 7.38. The molecule has 1 aliphatic rings. The average Bonchev–Trinajstić information content (AvgIpc) is 2.29. The van der Waals surface area contributed by atoms with Crippen molar-refractivity contribution in [3.63, 3.8) is 0 Å². The SMILES string of the molecule is CC1CC(N)CCN1C(=O)c1ccnnc1. The van der Waals surface area contributed by atoms with Gasteiger partial charge in [0.2, 0.25) is 0 Å². The lowest BCUT2D eigenvalue weighted by molar-refractivity contribution is 0.0618. The lowest BCUT2D eigenvalue weighted by atomic mass is 9.98. The van der Waals surface area contributed by atoms with Crippen LogP contribution in [0.15, 0.2) is 18.5 Å². The van der Waals surface area contributed by atoms with Crippen LogP contribution in [0.25, 0.3) is 0 Å². The first-order valence-electron chi connectivity index (χ1n) is 5.51. The summed E-state index contributed by atoms with van der Waals surface area (Å²) in [6.45, 7) is 2.76. The Morgan fingerprint density at radius 1 is 1.56 bits per heavy atom. The maximum Gasteiger partial charge on any atom is 0.255 e. The molecule has 5 nitrogen and oxygen atoms in total. The highest BCUT2D eigenvalue weighted by Crippen LogP contribution is 2.18. The number of hydrogen-bond acceptors (Lipinski definition) is 4. The van der Waals surface area contributed by atoms with Crippen LogP contribution in [-0.4, -0.2) is 39.6 Å². The van der Waals surface area contributed by atoms with Crippen molar-refractivity contribution in [1.29, 1.82) is 0 Å². The second kappa shape index (κ2) is 4.57. The fourth-order valence-corrected chi connectivity index (χ4v) is 2.09. The molecule has 1 fully saturated rings. The van der Waals surface area contributed by atoms with Gasteiger partial charge in [-0.2, -0.15) is 10.2 Å². The molecule has 0 aliphatic carbocycles. The molecular weight excluding hydrogens is 204 g/mol. The molecule has 1 aromatic rings. The Hall–Kier alpha value is -1.49. The summed E-state index contributed by atoms with van der Waals surface area (Å²) in [5.41, 5.74) is 6.46. The molecule has 1 aromatic heterocycles. The number of carbonyl (C=O) groups excluding carboxylic acids is 1. The van der Waals surface area contributed by atoms with Gasteiger partial charge in [0.1, 0.15) is 0 Å². The Morgan fingerprint density at radius 3 is 3.00 bits per heavy atom. The van der Waals surface area contributed by atoms with Gasteiger partial charge in [-0.1, -0.05) is 0 Å². The van der Waals surface area contributed by atoms with Crippen molar-refractivity contribution < 1.29 is 4.79 Å². The van der Waals surface area contributed by atoms with E-state index in [1.165, 1.54) is 12.4 Å². The number of nitrogens with zero attached hydrogens (tertiary/aromatic N) is 3. The standard InChI is InChI=1S/C11H16N4O/c1-8-6-10(12)3-5-15(8)11(16)9-2-4-13-14-7-9/h2,4,7-8,10H,3,5-6,12H2,1H3. The molecule has 2 N–H and O–H groups in total. The van der Waals surface area contributed by atoms with Crippen LogP contribution in [0.5, 0.6) is 0 Å². The summed E-state index contributed by atoms with van der Waals surface area (Å²) in [6.07, 6.45) is 4.77. The number of aromatic nitrogens is 2. The van der Waals surface area contributed by atoms with Crippen molar-refractivity contribution in [2.24, 2.45) is 5.73 Å². The first-order valence-corrected chi connectivity index (χ1v) is 5.51. The topological polar surface area (TPSA) is 72.1 Å². The maximum atomic E-state index is 12.1. The van der Waals surface area contributed by atoms with Gasteiger partial charge in [-0.3, -0.25) is 4.79 Å². The molecule has 0 saturated carbocycles. The maximum absolute atomic E-state index is 12.1. The molecule has 2 rings (SSSR count). The van der Waals surface area contributed by atoms with Crippen molar-refractivity contribution in [3.8, 4) is 0 Å². The van der Waals surface area contributed by atoms with Crippen LogP contribution >= 0.6 is 0 Å². The molecule has 2 heterocycles. The summed E-state index contributed by atoms with van der Waals surface area (Å²) in [7, 11) is 0. The molecule has 5 heteroatoms. The zero-order valence-electron chi connectivity index (χ0n) is 9.34. The third-order valence-corrected chi connectivity index (χ3v) is 3.01. The zero-order valence-corrected chi connectivity index (χ0v) is 9.34. The molecule has 2 unspecified atom stereocenters. The van der Waals surface area contributed by atoms with Crippen LogP contribution in [0.3, 0.4) is 0 Å². The van der Waals surface area contributed by atoms with Gasteiger partial charge in [-0.05, 0) is 25.8 Å². The summed E-state index contributed by atoms with van der Waals surface area (Å²) in [4.78, 5) is 14.0. The number of piperidine rings is 1. The van der Waals surface area contributed by atoms with Gasteiger partial charge in [0.05, 0.1) is 18.0 Å². The largest absolute Gasteiger partial charge is 0.336 e. The highest BCUT2D eigenvalue weighted by molar-refractivity contribution is 5.94. The predicted molar refractivity (Wildman–Crippen MR) is 59.7 cm³/mol. The van der Waals surface area contributed by atoms with Crippen LogP contribution < -0.4 is 5.73 Å². The number of carbonyl (C=O) groups is 1. The molecule has 0 spiro atoms. The van der Waals surface area contributed by atoms with E-state index >= 15 is 0 Å². The van der Waals surface area contributed by atoms with Crippen LogP contribution in [-0.2, 0) is 0 Å². The van der Waals surface area contributed by atoms with E-state index in [1.807, 2.05) is 11.8 Å². The number of likely N-dealkylation sites (tertiary alicyclic amines) is 1. The van der Waals surface area contributed by atoms with Gasteiger partial charge >= 0.3 is 0 Å². The summed E-state index contributed by atoms with van der Waals surface area (Å²) < 4.78 is 0. The van der Waals surface area contributed by atoms with Crippen molar-refractivity contribution in [3.05, 3.63) is 24.0 Å². The van der Waals surface area contributed by atoms with Crippen molar-refractivity contribution in [2.75, 3.05) is 6.54 Å². The second-order valence-corrected chi connectivity index (χ2v) is 4.26. The van der Waals surface area contributed by atoms with E-state index in [9.17, 15) is 4.79 Å². The molecule has 0 radical (unpaired) electrons. The quantitative estimate of drug-likeness (QED) is 0.745. The molecular formula is C11H16N4O. The molecule has 2 atom stereocenters. The Bertz CT molecular complexity index is 368. The predicted octanol–water partition coefficient (Wildman–Crippen LogP) is 0.428. The summed E-state index contributed by atoms with van der Waals surface area (Å²) in [5.74, 6) is 0.0225. The van der Waals surface area contributed by atoms with Gasteiger partial charge in [0.25, 0.3) is 5.91 Å². The zero-order chi connectivity index (χ0) is 11.5. The Labute approximate surface area is 94.6 Å². The van der Waals surface area contributed by atoms with E-state index < -0.39 is 0 Å². The van der Waals surface area contributed by atoms with Crippen molar-refractivity contribution in [2.45, 2.75) is 31.8 Å². The fourth-order valence-electron chi connectivity index (χ4n) is 2.09. The van der Waals surface area contributed by atoms with Crippen LogP contribution in [0.1, 0.15) is 30.1 Å². The van der Waals surface area contributed by atoms with Gasteiger partial charge < -0.3 is 10.6 Å². The third kappa shape index (κ3) is 2.19. The Morgan fingerprint density at radius 2 is 2.38 bits per heavy atom. The van der Waals surface area contributed by atoms with Gasteiger partial charge in [0.15, 0.2) is 0 Å². The minimum Gasteiger partial charge on any atom is -0.336 e. The van der Waals surface area contributed by atoms with Gasteiger partial charge in [0, 0.05) is 18.6 Å². The van der Waals surface area contributed by atoms with E-state index in [-0.39, 0.29) is 18.0 Å². The van der Waals surface area contributed by atoms with E-state index in [4.69, 9.17) is 5.73 Å². The lowest BCUT2D eigenvalue weighted by Gasteiger charge is -2.36. The number of amides is 1. The van der Waals surface area contributed by atoms with E-state index in [0.717, 1.165) is 19.4 Å². The van der Waals surface area contributed by atoms with Crippen molar-refractivity contribution in [1.82, 2.24) is 15.1 Å². The van der Waals surface area contributed by atoms with Crippen LogP contribution in [0.2, 0.25) is 0 Å². The summed E-state index contributed by atoms with van der Waals surface area (Å²) >= 11 is 0. The first kappa shape index (κ1) is 11.0.